The molecule has 0 unspecified atom stereocenters. The van der Waals surface area contributed by atoms with Gasteiger partial charge >= 0.3 is 0 Å². The van der Waals surface area contributed by atoms with Crippen LogP contribution in [0.4, 0.5) is 0 Å². The Labute approximate surface area is 159 Å². The monoisotopic (exact) mass is 360 g/mol. The summed E-state index contributed by atoms with van der Waals surface area (Å²) < 4.78 is 0. The minimum Gasteiger partial charge on any atom is -0.351 e. The molecule has 2 heterocycles. The predicted molar refractivity (Wildman–Crippen MR) is 107 cm³/mol. The molecule has 27 heavy (non-hydrogen) atoms. The van der Waals surface area contributed by atoms with Crippen LogP contribution in [0.1, 0.15) is 28.3 Å². The number of carbonyl (C=O) groups is 1. The molecule has 1 amide bonds. The Morgan fingerprint density at radius 3 is 2.78 bits per heavy atom. The summed E-state index contributed by atoms with van der Waals surface area (Å²) in [7, 11) is 0. The fourth-order valence-corrected chi connectivity index (χ4v) is 3.76. The van der Waals surface area contributed by atoms with Crippen LogP contribution in [0.2, 0.25) is 0 Å². The summed E-state index contributed by atoms with van der Waals surface area (Å²) in [6.45, 7) is 3.66. The standard InChI is InChI=1S/C22H24N4O/c27-22(20-9-5-4-8-19(20)21-23-11-12-24-21)25-13-15-26-14-10-18(16-26)17-6-2-1-3-7-17/h1-9,11-12,18H,10,13-16H2,(H,23,24)(H,25,27)/t18-/m0/s1. The SMILES string of the molecule is O=C(NCCN1CC[C@H](c2ccccc2)C1)c1ccccc1-c1ncc[nH]1. The molecule has 2 aromatic carbocycles. The smallest absolute Gasteiger partial charge is 0.252 e. The number of rotatable bonds is 6. The highest BCUT2D eigenvalue weighted by Gasteiger charge is 2.23. The zero-order valence-electron chi connectivity index (χ0n) is 15.3. The first kappa shape index (κ1) is 17.5. The molecule has 1 aromatic heterocycles. The number of carbonyl (C=O) groups excluding carboxylic acids is 1. The molecule has 0 aliphatic carbocycles. The largest absolute Gasteiger partial charge is 0.351 e. The highest BCUT2D eigenvalue weighted by molar-refractivity contribution is 6.00. The molecular formula is C22H24N4O. The molecule has 1 atom stereocenters. The fourth-order valence-electron chi connectivity index (χ4n) is 3.76. The molecule has 3 aromatic rings. The van der Waals surface area contributed by atoms with Crippen molar-refractivity contribution < 1.29 is 4.79 Å². The number of hydrogen-bond donors (Lipinski definition) is 2. The van der Waals surface area contributed by atoms with Crippen molar-refractivity contribution in [3.8, 4) is 11.4 Å². The molecule has 4 rings (SSSR count). The van der Waals surface area contributed by atoms with Gasteiger partial charge in [0.25, 0.3) is 5.91 Å². The van der Waals surface area contributed by atoms with Crippen LogP contribution in [0.25, 0.3) is 11.4 Å². The number of imidazole rings is 1. The Morgan fingerprint density at radius 1 is 1.15 bits per heavy atom. The van der Waals surface area contributed by atoms with Crippen molar-refractivity contribution in [3.63, 3.8) is 0 Å². The summed E-state index contributed by atoms with van der Waals surface area (Å²) in [5, 5.41) is 3.06. The highest BCUT2D eigenvalue weighted by atomic mass is 16.1. The van der Waals surface area contributed by atoms with E-state index in [2.05, 4.69) is 50.5 Å². The van der Waals surface area contributed by atoms with Crippen LogP contribution in [-0.4, -0.2) is 47.0 Å². The van der Waals surface area contributed by atoms with E-state index in [1.807, 2.05) is 24.3 Å². The molecule has 138 valence electrons. The zero-order chi connectivity index (χ0) is 18.5. The van der Waals surface area contributed by atoms with Crippen LogP contribution in [0.3, 0.4) is 0 Å². The van der Waals surface area contributed by atoms with Gasteiger partial charge in [0.1, 0.15) is 5.82 Å². The second kappa shape index (κ2) is 8.18. The summed E-state index contributed by atoms with van der Waals surface area (Å²) in [6, 6.07) is 18.3. The van der Waals surface area contributed by atoms with Gasteiger partial charge in [-0.05, 0) is 30.5 Å². The normalized spacial score (nSPS) is 17.1. The molecule has 0 spiro atoms. The van der Waals surface area contributed by atoms with Crippen LogP contribution >= 0.6 is 0 Å². The average molecular weight is 360 g/mol. The van der Waals surface area contributed by atoms with Gasteiger partial charge in [0.15, 0.2) is 0 Å². The van der Waals surface area contributed by atoms with Crippen LogP contribution in [0.15, 0.2) is 67.0 Å². The number of hydrogen-bond acceptors (Lipinski definition) is 3. The first-order chi connectivity index (χ1) is 13.3. The number of benzene rings is 2. The number of aromatic amines is 1. The van der Waals surface area contributed by atoms with E-state index < -0.39 is 0 Å². The highest BCUT2D eigenvalue weighted by Crippen LogP contribution is 2.26. The number of nitrogens with zero attached hydrogens (tertiary/aromatic N) is 2. The Balaban J connectivity index is 1.31. The van der Waals surface area contributed by atoms with Crippen molar-refractivity contribution in [2.45, 2.75) is 12.3 Å². The van der Waals surface area contributed by atoms with Crippen LogP contribution in [-0.2, 0) is 0 Å². The maximum absolute atomic E-state index is 12.6. The lowest BCUT2D eigenvalue weighted by Gasteiger charge is -2.17. The number of nitrogens with one attached hydrogen (secondary N) is 2. The predicted octanol–water partition coefficient (Wildman–Crippen LogP) is 3.30. The summed E-state index contributed by atoms with van der Waals surface area (Å²) in [6.07, 6.45) is 4.64. The number of likely N-dealkylation sites (tertiary alicyclic amines) is 1. The zero-order valence-corrected chi connectivity index (χ0v) is 15.3. The van der Waals surface area contributed by atoms with Crippen LogP contribution < -0.4 is 5.32 Å². The van der Waals surface area contributed by atoms with Gasteiger partial charge < -0.3 is 15.2 Å². The summed E-state index contributed by atoms with van der Waals surface area (Å²) >= 11 is 0. The van der Waals surface area contributed by atoms with E-state index in [9.17, 15) is 4.79 Å². The van der Waals surface area contributed by atoms with Gasteiger partial charge in [0.05, 0.1) is 5.56 Å². The van der Waals surface area contributed by atoms with Gasteiger partial charge in [-0.15, -0.1) is 0 Å². The van der Waals surface area contributed by atoms with Gasteiger partial charge in [0, 0.05) is 37.6 Å². The van der Waals surface area contributed by atoms with Gasteiger partial charge in [0.2, 0.25) is 0 Å². The fraction of sp³-hybridized carbons (Fsp3) is 0.273. The minimum atomic E-state index is -0.0548. The lowest BCUT2D eigenvalue weighted by Crippen LogP contribution is -2.34. The first-order valence-electron chi connectivity index (χ1n) is 9.45. The molecule has 0 saturated carbocycles. The lowest BCUT2D eigenvalue weighted by atomic mass is 9.99. The Morgan fingerprint density at radius 2 is 1.96 bits per heavy atom. The second-order valence-electron chi connectivity index (χ2n) is 6.94. The van der Waals surface area contributed by atoms with Crippen molar-refractivity contribution in [1.82, 2.24) is 20.2 Å². The molecule has 2 N–H and O–H groups in total. The lowest BCUT2D eigenvalue weighted by molar-refractivity contribution is 0.0950. The minimum absolute atomic E-state index is 0.0548. The van der Waals surface area contributed by atoms with Gasteiger partial charge in [-0.3, -0.25) is 4.79 Å². The van der Waals surface area contributed by atoms with E-state index in [1.54, 1.807) is 12.4 Å². The van der Waals surface area contributed by atoms with Gasteiger partial charge in [-0.1, -0.05) is 48.5 Å². The third kappa shape index (κ3) is 4.09. The summed E-state index contributed by atoms with van der Waals surface area (Å²) in [5.41, 5.74) is 2.89. The van der Waals surface area contributed by atoms with E-state index in [4.69, 9.17) is 0 Å². The molecule has 1 aliphatic heterocycles. The number of amides is 1. The van der Waals surface area contributed by atoms with E-state index in [0.717, 1.165) is 25.2 Å². The maximum Gasteiger partial charge on any atom is 0.252 e. The Bertz CT molecular complexity index is 876. The molecule has 1 saturated heterocycles. The molecule has 0 radical (unpaired) electrons. The summed E-state index contributed by atoms with van der Waals surface area (Å²) in [5.74, 6) is 1.26. The third-order valence-electron chi connectivity index (χ3n) is 5.18. The van der Waals surface area contributed by atoms with E-state index in [1.165, 1.54) is 12.0 Å². The van der Waals surface area contributed by atoms with Gasteiger partial charge in [-0.2, -0.15) is 0 Å². The number of H-pyrrole nitrogens is 1. The topological polar surface area (TPSA) is 61.0 Å². The number of aromatic nitrogens is 2. The maximum atomic E-state index is 12.6. The van der Waals surface area contributed by atoms with Gasteiger partial charge in [-0.25, -0.2) is 4.98 Å². The molecular weight excluding hydrogens is 336 g/mol. The Kier molecular flexibility index (Phi) is 5.30. The third-order valence-corrected chi connectivity index (χ3v) is 5.18. The molecule has 0 bridgehead atoms. The van der Waals surface area contributed by atoms with E-state index in [0.29, 0.717) is 23.9 Å². The van der Waals surface area contributed by atoms with Crippen molar-refractivity contribution in [2.75, 3.05) is 26.2 Å². The molecule has 1 aliphatic rings. The first-order valence-corrected chi connectivity index (χ1v) is 9.45. The van der Waals surface area contributed by atoms with Crippen molar-refractivity contribution in [2.24, 2.45) is 0 Å². The summed E-state index contributed by atoms with van der Waals surface area (Å²) in [4.78, 5) is 22.4. The van der Waals surface area contributed by atoms with Crippen molar-refractivity contribution >= 4 is 5.91 Å². The van der Waals surface area contributed by atoms with E-state index >= 15 is 0 Å². The van der Waals surface area contributed by atoms with Crippen molar-refractivity contribution in [1.29, 1.82) is 0 Å². The average Bonchev–Trinajstić information content (AvgIpc) is 3.41. The van der Waals surface area contributed by atoms with Crippen LogP contribution in [0.5, 0.6) is 0 Å². The molecule has 1 fully saturated rings. The second-order valence-corrected chi connectivity index (χ2v) is 6.94. The quantitative estimate of drug-likeness (QED) is 0.709. The Hall–Kier alpha value is -2.92. The van der Waals surface area contributed by atoms with Crippen LogP contribution in [0, 0.1) is 0 Å². The van der Waals surface area contributed by atoms with E-state index in [-0.39, 0.29) is 5.91 Å². The molecule has 5 heteroatoms. The molecule has 5 nitrogen and oxygen atoms in total. The van der Waals surface area contributed by atoms with Crippen molar-refractivity contribution in [3.05, 3.63) is 78.1 Å².